The van der Waals surface area contributed by atoms with Crippen molar-refractivity contribution in [3.05, 3.63) is 11.4 Å². The average molecular weight is 203 g/mol. The predicted molar refractivity (Wildman–Crippen MR) is 52.3 cm³/mol. The Kier molecular flexibility index (Phi) is 6.81. The second kappa shape index (κ2) is 7.03. The zero-order valence-corrected chi connectivity index (χ0v) is 9.50. The molecule has 0 aliphatic rings. The fourth-order valence-corrected chi connectivity index (χ4v) is 2.88. The van der Waals surface area contributed by atoms with Crippen molar-refractivity contribution < 1.29 is 13.3 Å². The van der Waals surface area contributed by atoms with Gasteiger partial charge in [0.1, 0.15) is 0 Å². The molecule has 0 amide bonds. The largest absolute Gasteiger partial charge is 0.500 e. The molecule has 0 spiro atoms. The summed E-state index contributed by atoms with van der Waals surface area (Å²) >= 11 is 0. The van der Waals surface area contributed by atoms with E-state index in [0.29, 0.717) is 6.54 Å². The first-order chi connectivity index (χ1) is 6.24. The van der Waals surface area contributed by atoms with E-state index >= 15 is 0 Å². The van der Waals surface area contributed by atoms with E-state index in [1.165, 1.54) is 0 Å². The second-order valence-corrected chi connectivity index (χ2v) is 5.72. The van der Waals surface area contributed by atoms with Crippen molar-refractivity contribution >= 4 is 8.80 Å². The quantitative estimate of drug-likeness (QED) is 0.357. The molecule has 0 aromatic heterocycles. The van der Waals surface area contributed by atoms with E-state index in [9.17, 15) is 0 Å². The van der Waals surface area contributed by atoms with Gasteiger partial charge in [0, 0.05) is 33.8 Å². The molecule has 0 heterocycles. The number of hydrogen-bond acceptors (Lipinski definition) is 3. The zero-order chi connectivity index (χ0) is 10.2. The molecule has 4 nitrogen and oxygen atoms in total. The normalized spacial score (nSPS) is 11.2. The average Bonchev–Trinajstić information content (AvgIpc) is 2.20. The third-order valence-electron chi connectivity index (χ3n) is 1.94. The van der Waals surface area contributed by atoms with Crippen molar-refractivity contribution in [2.24, 2.45) is 0 Å². The fraction of sp³-hybridized carbons (Fsp3) is 0.875. The highest BCUT2D eigenvalue weighted by Crippen LogP contribution is 2.15. The standard InChI is InChI=1S/C8H17NO3Si/c1-9-7-5-6-8-13(10-2,11-3)12-4/h5-8H2,2-4H3. The number of nitrogens with zero attached hydrogens (tertiary/aromatic N) is 1. The summed E-state index contributed by atoms with van der Waals surface area (Å²) in [6.45, 7) is 7.19. The molecular weight excluding hydrogens is 186 g/mol. The van der Waals surface area contributed by atoms with Crippen molar-refractivity contribution in [1.29, 1.82) is 0 Å². The highest BCUT2D eigenvalue weighted by molar-refractivity contribution is 6.60. The molecule has 0 saturated heterocycles. The van der Waals surface area contributed by atoms with Crippen LogP contribution in [0.4, 0.5) is 0 Å². The van der Waals surface area contributed by atoms with Crippen molar-refractivity contribution in [1.82, 2.24) is 0 Å². The van der Waals surface area contributed by atoms with E-state index < -0.39 is 8.80 Å². The molecule has 0 N–H and O–H groups in total. The van der Waals surface area contributed by atoms with Crippen molar-refractivity contribution in [2.45, 2.75) is 18.9 Å². The van der Waals surface area contributed by atoms with Crippen LogP contribution >= 0.6 is 0 Å². The van der Waals surface area contributed by atoms with Crippen LogP contribution in [0.15, 0.2) is 0 Å². The zero-order valence-electron chi connectivity index (χ0n) is 8.50. The van der Waals surface area contributed by atoms with Gasteiger partial charge in [-0.15, -0.1) is 0 Å². The Morgan fingerprint density at radius 1 is 1.08 bits per heavy atom. The lowest BCUT2D eigenvalue weighted by atomic mass is 10.3. The van der Waals surface area contributed by atoms with Gasteiger partial charge in [-0.2, -0.15) is 0 Å². The first kappa shape index (κ1) is 12.6. The van der Waals surface area contributed by atoms with Crippen LogP contribution in [0.1, 0.15) is 12.8 Å². The maximum atomic E-state index is 6.61. The Balaban J connectivity index is 3.76. The van der Waals surface area contributed by atoms with E-state index in [-0.39, 0.29) is 0 Å². The fourth-order valence-electron chi connectivity index (χ4n) is 1.09. The molecule has 0 aliphatic heterocycles. The van der Waals surface area contributed by atoms with Gasteiger partial charge in [0.2, 0.25) is 6.54 Å². The highest BCUT2D eigenvalue weighted by atomic mass is 28.4. The van der Waals surface area contributed by atoms with Gasteiger partial charge in [-0.25, -0.2) is 6.57 Å². The third-order valence-corrected chi connectivity index (χ3v) is 4.77. The van der Waals surface area contributed by atoms with Gasteiger partial charge < -0.3 is 18.1 Å². The van der Waals surface area contributed by atoms with Crippen LogP contribution in [0.3, 0.4) is 0 Å². The Morgan fingerprint density at radius 2 is 1.62 bits per heavy atom. The Bertz CT molecular complexity index is 157. The summed E-state index contributed by atoms with van der Waals surface area (Å²) in [5.74, 6) is 0. The summed E-state index contributed by atoms with van der Waals surface area (Å²) in [6.07, 6.45) is 1.80. The van der Waals surface area contributed by atoms with E-state index in [1.807, 2.05) is 0 Å². The van der Waals surface area contributed by atoms with Gasteiger partial charge in [-0.05, 0) is 6.42 Å². The van der Waals surface area contributed by atoms with Crippen molar-refractivity contribution in [3.8, 4) is 0 Å². The van der Waals surface area contributed by atoms with Crippen LogP contribution in [-0.4, -0.2) is 36.7 Å². The van der Waals surface area contributed by atoms with Gasteiger partial charge in [-0.3, -0.25) is 0 Å². The molecular formula is C8H17NO3Si. The van der Waals surface area contributed by atoms with Crippen LogP contribution in [0.25, 0.3) is 4.85 Å². The van der Waals surface area contributed by atoms with E-state index in [4.69, 9.17) is 19.9 Å². The summed E-state index contributed by atoms with van der Waals surface area (Å²) in [7, 11) is 2.45. The van der Waals surface area contributed by atoms with Crippen LogP contribution < -0.4 is 0 Å². The third kappa shape index (κ3) is 4.38. The monoisotopic (exact) mass is 203 g/mol. The van der Waals surface area contributed by atoms with Crippen LogP contribution in [0, 0.1) is 6.57 Å². The first-order valence-electron chi connectivity index (χ1n) is 4.23. The van der Waals surface area contributed by atoms with Crippen LogP contribution in [0.5, 0.6) is 0 Å². The Labute approximate surface area is 81.0 Å². The van der Waals surface area contributed by atoms with Crippen LogP contribution in [0.2, 0.25) is 6.04 Å². The van der Waals surface area contributed by atoms with Crippen LogP contribution in [-0.2, 0) is 13.3 Å². The predicted octanol–water partition coefficient (Wildman–Crippen LogP) is 1.56. The summed E-state index contributed by atoms with van der Waals surface area (Å²) in [6, 6.07) is 0.784. The topological polar surface area (TPSA) is 32.0 Å². The van der Waals surface area contributed by atoms with Gasteiger partial charge in [-0.1, -0.05) is 0 Å². The molecule has 0 aromatic rings. The molecule has 0 unspecified atom stereocenters. The van der Waals surface area contributed by atoms with Gasteiger partial charge >= 0.3 is 8.80 Å². The molecule has 0 aromatic carbocycles. The van der Waals surface area contributed by atoms with E-state index in [2.05, 4.69) is 4.85 Å². The molecule has 0 radical (unpaired) electrons. The molecule has 0 bridgehead atoms. The minimum Gasteiger partial charge on any atom is -0.377 e. The summed E-state index contributed by atoms with van der Waals surface area (Å²) in [4.78, 5) is 3.28. The summed E-state index contributed by atoms with van der Waals surface area (Å²) in [5.41, 5.74) is 0. The number of hydrogen-bond donors (Lipinski definition) is 0. The molecule has 5 heteroatoms. The number of rotatable bonds is 7. The Hall–Kier alpha value is -0.413. The van der Waals surface area contributed by atoms with Crippen molar-refractivity contribution in [3.63, 3.8) is 0 Å². The SMILES string of the molecule is [C-]#[N+]CCCC[Si](OC)(OC)OC. The van der Waals surface area contributed by atoms with Crippen molar-refractivity contribution in [2.75, 3.05) is 27.9 Å². The van der Waals surface area contributed by atoms with Gasteiger partial charge in [0.15, 0.2) is 0 Å². The highest BCUT2D eigenvalue weighted by Gasteiger charge is 2.36. The van der Waals surface area contributed by atoms with Gasteiger partial charge in [0.25, 0.3) is 0 Å². The lowest BCUT2D eigenvalue weighted by molar-refractivity contribution is 0.123. The molecule has 13 heavy (non-hydrogen) atoms. The lowest BCUT2D eigenvalue weighted by Crippen LogP contribution is -2.42. The molecule has 0 aliphatic carbocycles. The minimum atomic E-state index is -2.37. The molecule has 0 rings (SSSR count). The summed E-state index contributed by atoms with van der Waals surface area (Å²) in [5, 5.41) is 0. The molecule has 0 saturated carbocycles. The van der Waals surface area contributed by atoms with E-state index in [0.717, 1.165) is 18.9 Å². The maximum Gasteiger partial charge on any atom is 0.500 e. The summed E-state index contributed by atoms with van der Waals surface area (Å²) < 4.78 is 15.7. The number of unbranched alkanes of at least 4 members (excludes halogenated alkanes) is 1. The maximum absolute atomic E-state index is 6.61. The van der Waals surface area contributed by atoms with Gasteiger partial charge in [0.05, 0.1) is 0 Å². The molecule has 0 fully saturated rings. The second-order valence-electron chi connectivity index (χ2n) is 2.63. The first-order valence-corrected chi connectivity index (χ1v) is 6.16. The smallest absolute Gasteiger partial charge is 0.377 e. The Morgan fingerprint density at radius 3 is 2.00 bits per heavy atom. The molecule has 76 valence electrons. The molecule has 0 atom stereocenters. The van der Waals surface area contributed by atoms with E-state index in [1.54, 1.807) is 21.3 Å². The minimum absolute atomic E-state index is 0.571. The lowest BCUT2D eigenvalue weighted by Gasteiger charge is -2.23.